The van der Waals surface area contributed by atoms with Crippen LogP contribution in [0.4, 0.5) is 11.9 Å². The molecule has 21 heavy (non-hydrogen) atoms. The van der Waals surface area contributed by atoms with Crippen LogP contribution >= 0.6 is 0 Å². The van der Waals surface area contributed by atoms with E-state index in [9.17, 15) is 0 Å². The Morgan fingerprint density at radius 1 is 1.10 bits per heavy atom. The van der Waals surface area contributed by atoms with Crippen LogP contribution < -0.4 is 15.0 Å². The maximum atomic E-state index is 5.81. The van der Waals surface area contributed by atoms with E-state index in [0.29, 0.717) is 17.9 Å². The standard InChI is InChI=1S/C15H19N5O/c1-16-13-17-14(20(2)3)19-15(18-13)21-12-8-7-10-5-4-6-11(10)9-12/h7-9H,4-6H2,1-3H3,(H,16,17,18,19). The van der Waals surface area contributed by atoms with E-state index < -0.39 is 0 Å². The SMILES string of the molecule is CNc1nc(Oc2ccc3c(c2)CCC3)nc(N(C)C)n1. The van der Waals surface area contributed by atoms with E-state index in [1.165, 1.54) is 17.5 Å². The molecule has 2 aromatic rings. The van der Waals surface area contributed by atoms with Crippen molar-refractivity contribution in [1.29, 1.82) is 0 Å². The molecule has 0 aliphatic heterocycles. The number of nitrogens with zero attached hydrogens (tertiary/aromatic N) is 4. The second kappa shape index (κ2) is 5.55. The summed E-state index contributed by atoms with van der Waals surface area (Å²) in [5.41, 5.74) is 2.78. The van der Waals surface area contributed by atoms with Crippen molar-refractivity contribution in [3.05, 3.63) is 29.3 Å². The molecule has 3 rings (SSSR count). The first-order valence-corrected chi connectivity index (χ1v) is 7.06. The molecule has 0 saturated carbocycles. The summed E-state index contributed by atoms with van der Waals surface area (Å²) < 4.78 is 5.81. The highest BCUT2D eigenvalue weighted by molar-refractivity contribution is 5.41. The van der Waals surface area contributed by atoms with E-state index in [1.54, 1.807) is 7.05 Å². The zero-order chi connectivity index (χ0) is 14.8. The lowest BCUT2D eigenvalue weighted by Crippen LogP contribution is -2.15. The van der Waals surface area contributed by atoms with Gasteiger partial charge in [0.2, 0.25) is 11.9 Å². The van der Waals surface area contributed by atoms with Crippen molar-refractivity contribution in [2.24, 2.45) is 0 Å². The van der Waals surface area contributed by atoms with Crippen molar-refractivity contribution in [2.75, 3.05) is 31.4 Å². The average Bonchev–Trinajstić information content (AvgIpc) is 2.94. The number of nitrogens with one attached hydrogen (secondary N) is 1. The van der Waals surface area contributed by atoms with Crippen molar-refractivity contribution in [1.82, 2.24) is 15.0 Å². The van der Waals surface area contributed by atoms with Crippen molar-refractivity contribution in [3.8, 4) is 11.8 Å². The predicted molar refractivity (Wildman–Crippen MR) is 82.2 cm³/mol. The minimum Gasteiger partial charge on any atom is -0.424 e. The Morgan fingerprint density at radius 2 is 1.90 bits per heavy atom. The van der Waals surface area contributed by atoms with Crippen LogP contribution in [0.3, 0.4) is 0 Å². The smallest absolute Gasteiger partial charge is 0.328 e. The Morgan fingerprint density at radius 3 is 2.67 bits per heavy atom. The highest BCUT2D eigenvalue weighted by atomic mass is 16.5. The van der Waals surface area contributed by atoms with E-state index in [2.05, 4.69) is 32.4 Å². The number of aromatic nitrogens is 3. The molecular formula is C15H19N5O. The van der Waals surface area contributed by atoms with Gasteiger partial charge in [0, 0.05) is 21.1 Å². The molecule has 1 N–H and O–H groups in total. The number of hydrogen-bond acceptors (Lipinski definition) is 6. The second-order valence-corrected chi connectivity index (χ2v) is 5.27. The molecule has 6 heteroatoms. The predicted octanol–water partition coefficient (Wildman–Crippen LogP) is 2.26. The summed E-state index contributed by atoms with van der Waals surface area (Å²) in [6.45, 7) is 0. The first kappa shape index (κ1) is 13.6. The third-order valence-corrected chi connectivity index (χ3v) is 3.51. The Hall–Kier alpha value is -2.37. The van der Waals surface area contributed by atoms with Crippen molar-refractivity contribution in [2.45, 2.75) is 19.3 Å². The summed E-state index contributed by atoms with van der Waals surface area (Å²) in [6, 6.07) is 6.49. The molecule has 6 nitrogen and oxygen atoms in total. The lowest BCUT2D eigenvalue weighted by atomic mass is 10.1. The van der Waals surface area contributed by atoms with Crippen LogP contribution in [-0.4, -0.2) is 36.1 Å². The van der Waals surface area contributed by atoms with Crippen molar-refractivity contribution in [3.63, 3.8) is 0 Å². The minimum atomic E-state index is 0.302. The highest BCUT2D eigenvalue weighted by Crippen LogP contribution is 2.28. The molecular weight excluding hydrogens is 266 g/mol. The lowest BCUT2D eigenvalue weighted by molar-refractivity contribution is 0.440. The van der Waals surface area contributed by atoms with E-state index in [0.717, 1.165) is 18.6 Å². The van der Waals surface area contributed by atoms with Gasteiger partial charge in [0.05, 0.1) is 0 Å². The molecule has 1 aliphatic carbocycles. The summed E-state index contributed by atoms with van der Waals surface area (Å²) >= 11 is 0. The van der Waals surface area contributed by atoms with E-state index in [1.807, 2.05) is 25.1 Å². The Balaban J connectivity index is 1.88. The van der Waals surface area contributed by atoms with E-state index in [-0.39, 0.29) is 0 Å². The van der Waals surface area contributed by atoms with Gasteiger partial charge in [-0.3, -0.25) is 0 Å². The van der Waals surface area contributed by atoms with E-state index in [4.69, 9.17) is 4.74 Å². The Bertz CT molecular complexity index is 657. The largest absolute Gasteiger partial charge is 0.424 e. The summed E-state index contributed by atoms with van der Waals surface area (Å²) in [4.78, 5) is 14.6. The molecule has 0 fully saturated rings. The molecule has 0 amide bonds. The molecule has 0 saturated heterocycles. The van der Waals surface area contributed by atoms with Crippen LogP contribution in [0.1, 0.15) is 17.5 Å². The van der Waals surface area contributed by atoms with Gasteiger partial charge in [0.1, 0.15) is 5.75 Å². The van der Waals surface area contributed by atoms with Gasteiger partial charge in [-0.15, -0.1) is 0 Å². The van der Waals surface area contributed by atoms with Crippen LogP contribution in [0.15, 0.2) is 18.2 Å². The van der Waals surface area contributed by atoms with Crippen LogP contribution in [0.25, 0.3) is 0 Å². The summed E-state index contributed by atoms with van der Waals surface area (Å²) in [5, 5.41) is 2.92. The summed E-state index contributed by atoms with van der Waals surface area (Å²) in [5.74, 6) is 1.82. The number of benzene rings is 1. The number of anilines is 2. The third kappa shape index (κ3) is 2.89. The van der Waals surface area contributed by atoms with Gasteiger partial charge in [0.15, 0.2) is 0 Å². The van der Waals surface area contributed by atoms with Crippen LogP contribution in [-0.2, 0) is 12.8 Å². The fraction of sp³-hybridized carbons (Fsp3) is 0.400. The molecule has 0 bridgehead atoms. The Labute approximate surface area is 124 Å². The van der Waals surface area contributed by atoms with Crippen molar-refractivity contribution >= 4 is 11.9 Å². The number of rotatable bonds is 4. The van der Waals surface area contributed by atoms with E-state index >= 15 is 0 Å². The van der Waals surface area contributed by atoms with Gasteiger partial charge in [-0.25, -0.2) is 0 Å². The molecule has 110 valence electrons. The van der Waals surface area contributed by atoms with Crippen LogP contribution in [0.5, 0.6) is 11.8 Å². The third-order valence-electron chi connectivity index (χ3n) is 3.51. The molecule has 0 radical (unpaired) electrons. The molecule has 0 spiro atoms. The molecule has 1 aromatic heterocycles. The zero-order valence-electron chi connectivity index (χ0n) is 12.6. The quantitative estimate of drug-likeness (QED) is 0.929. The van der Waals surface area contributed by atoms with Gasteiger partial charge in [-0.05, 0) is 42.5 Å². The molecule has 1 aliphatic rings. The maximum absolute atomic E-state index is 5.81. The number of hydrogen-bond donors (Lipinski definition) is 1. The van der Waals surface area contributed by atoms with Gasteiger partial charge in [-0.1, -0.05) is 6.07 Å². The zero-order valence-corrected chi connectivity index (χ0v) is 12.6. The normalized spacial score (nSPS) is 12.9. The minimum absolute atomic E-state index is 0.302. The number of fused-ring (bicyclic) bond motifs is 1. The Kier molecular flexibility index (Phi) is 3.60. The van der Waals surface area contributed by atoms with Crippen LogP contribution in [0, 0.1) is 0 Å². The average molecular weight is 285 g/mol. The lowest BCUT2D eigenvalue weighted by Gasteiger charge is -2.13. The highest BCUT2D eigenvalue weighted by Gasteiger charge is 2.13. The molecule has 0 atom stereocenters. The fourth-order valence-corrected chi connectivity index (χ4v) is 2.42. The number of ether oxygens (including phenoxy) is 1. The molecule has 1 heterocycles. The molecule has 0 unspecified atom stereocenters. The number of aryl methyl sites for hydroxylation is 2. The van der Waals surface area contributed by atoms with Gasteiger partial charge in [0.25, 0.3) is 0 Å². The summed E-state index contributed by atoms with van der Waals surface area (Å²) in [7, 11) is 5.54. The van der Waals surface area contributed by atoms with Crippen molar-refractivity contribution < 1.29 is 4.74 Å². The van der Waals surface area contributed by atoms with Crippen LogP contribution in [0.2, 0.25) is 0 Å². The monoisotopic (exact) mass is 285 g/mol. The first-order chi connectivity index (χ1) is 10.2. The second-order valence-electron chi connectivity index (χ2n) is 5.27. The topological polar surface area (TPSA) is 63.2 Å². The van der Waals surface area contributed by atoms with Gasteiger partial charge < -0.3 is 15.0 Å². The fourth-order valence-electron chi connectivity index (χ4n) is 2.42. The van der Waals surface area contributed by atoms with Gasteiger partial charge in [-0.2, -0.15) is 15.0 Å². The van der Waals surface area contributed by atoms with Gasteiger partial charge >= 0.3 is 6.01 Å². The molecule has 1 aromatic carbocycles. The first-order valence-electron chi connectivity index (χ1n) is 7.06. The maximum Gasteiger partial charge on any atom is 0.328 e. The summed E-state index contributed by atoms with van der Waals surface area (Å²) in [6.07, 6.45) is 3.50.